The summed E-state index contributed by atoms with van der Waals surface area (Å²) >= 11 is 0. The number of aliphatic imine (C=N–C) groups is 1. The number of unbranched alkanes of at least 4 members (excludes halogenated alkanes) is 2. The lowest BCUT2D eigenvalue weighted by Gasteiger charge is -2.09. The predicted octanol–water partition coefficient (Wildman–Crippen LogP) is 6.57. The minimum atomic E-state index is 1.01. The topological polar surface area (TPSA) is 12.4 Å². The Kier molecular flexibility index (Phi) is 12.3. The lowest BCUT2D eigenvalue weighted by Crippen LogP contribution is -1.90. The maximum absolute atomic E-state index is 4.23. The van der Waals surface area contributed by atoms with Crippen molar-refractivity contribution in [3.63, 3.8) is 0 Å². The molecule has 116 valence electrons. The molecule has 0 heterocycles. The van der Waals surface area contributed by atoms with Crippen molar-refractivity contribution in [2.45, 2.75) is 58.8 Å². The molecular formula is C20H31N. The van der Waals surface area contributed by atoms with Crippen LogP contribution < -0.4 is 0 Å². The molecule has 0 rings (SSSR count). The molecule has 0 radical (unpaired) electrons. The third kappa shape index (κ3) is 10.8. The van der Waals surface area contributed by atoms with Crippen molar-refractivity contribution in [3.8, 4) is 0 Å². The van der Waals surface area contributed by atoms with Crippen molar-refractivity contribution in [1.29, 1.82) is 0 Å². The Morgan fingerprint density at radius 1 is 1.10 bits per heavy atom. The zero-order chi connectivity index (χ0) is 15.9. The molecular weight excluding hydrogens is 254 g/mol. The normalized spacial score (nSPS) is 12.7. The molecule has 21 heavy (non-hydrogen) atoms. The minimum absolute atomic E-state index is 1.01. The van der Waals surface area contributed by atoms with Gasteiger partial charge in [-0.05, 0) is 51.0 Å². The Hall–Kier alpha value is -1.63. The van der Waals surface area contributed by atoms with Gasteiger partial charge < -0.3 is 0 Å². The van der Waals surface area contributed by atoms with Crippen LogP contribution in [0.15, 0.2) is 65.9 Å². The Morgan fingerprint density at radius 3 is 2.43 bits per heavy atom. The first-order chi connectivity index (χ1) is 10.2. The smallest absolute Gasteiger partial charge is 0.0302 e. The van der Waals surface area contributed by atoms with E-state index in [2.05, 4.69) is 37.7 Å². The SMILES string of the molecule is C=CC=N/C=C(/CC/C(=C/CCCC=C)CCC)C(=C)C. The van der Waals surface area contributed by atoms with Crippen LogP contribution in [0.2, 0.25) is 0 Å². The van der Waals surface area contributed by atoms with Crippen LogP contribution in [0, 0.1) is 0 Å². The van der Waals surface area contributed by atoms with Gasteiger partial charge in [0.2, 0.25) is 0 Å². The molecule has 0 bridgehead atoms. The maximum Gasteiger partial charge on any atom is 0.0302 e. The second-order valence-electron chi connectivity index (χ2n) is 5.30. The fourth-order valence-corrected chi connectivity index (χ4v) is 2.10. The van der Waals surface area contributed by atoms with Crippen molar-refractivity contribution in [1.82, 2.24) is 0 Å². The van der Waals surface area contributed by atoms with E-state index in [1.807, 2.05) is 19.2 Å². The third-order valence-corrected chi connectivity index (χ3v) is 3.30. The van der Waals surface area contributed by atoms with Crippen molar-refractivity contribution in [3.05, 3.63) is 60.9 Å². The predicted molar refractivity (Wildman–Crippen MR) is 97.9 cm³/mol. The van der Waals surface area contributed by atoms with Crippen molar-refractivity contribution in [2.24, 2.45) is 4.99 Å². The first-order valence-electron chi connectivity index (χ1n) is 7.93. The standard InChI is InChI=1S/C20H31N/c1-6-9-10-11-13-19(12-7-2)14-15-20(18(4)5)17-21-16-8-3/h6,8,13,16-17H,1,3-4,7,9-12,14-15H2,2,5H3/b19-13+,20-17-,21-16?. The van der Waals surface area contributed by atoms with E-state index in [1.165, 1.54) is 24.8 Å². The van der Waals surface area contributed by atoms with E-state index in [1.54, 1.807) is 17.9 Å². The fraction of sp³-hybridized carbons (Fsp3) is 0.450. The summed E-state index contributed by atoms with van der Waals surface area (Å²) in [6, 6.07) is 0. The van der Waals surface area contributed by atoms with Gasteiger partial charge in [0.1, 0.15) is 0 Å². The number of hydrogen-bond donors (Lipinski definition) is 0. The molecule has 0 saturated heterocycles. The zero-order valence-corrected chi connectivity index (χ0v) is 13.9. The van der Waals surface area contributed by atoms with E-state index in [9.17, 15) is 0 Å². The number of allylic oxidation sites excluding steroid dienone is 6. The molecule has 0 aromatic rings. The summed E-state index contributed by atoms with van der Waals surface area (Å²) in [7, 11) is 0. The van der Waals surface area contributed by atoms with Crippen LogP contribution in [0.5, 0.6) is 0 Å². The first kappa shape index (κ1) is 19.4. The minimum Gasteiger partial charge on any atom is -0.264 e. The van der Waals surface area contributed by atoms with Gasteiger partial charge in [-0.3, -0.25) is 4.99 Å². The van der Waals surface area contributed by atoms with Crippen LogP contribution in [0.3, 0.4) is 0 Å². The highest BCUT2D eigenvalue weighted by molar-refractivity contribution is 5.70. The highest BCUT2D eigenvalue weighted by Crippen LogP contribution is 2.21. The molecule has 0 aromatic carbocycles. The first-order valence-corrected chi connectivity index (χ1v) is 7.93. The highest BCUT2D eigenvalue weighted by Gasteiger charge is 2.02. The molecule has 0 spiro atoms. The van der Waals surface area contributed by atoms with Crippen LogP contribution >= 0.6 is 0 Å². The Balaban J connectivity index is 4.57. The molecule has 0 aromatic heterocycles. The molecule has 1 nitrogen and oxygen atoms in total. The Labute approximate surface area is 131 Å². The molecule has 0 unspecified atom stereocenters. The molecule has 0 aliphatic heterocycles. The van der Waals surface area contributed by atoms with E-state index >= 15 is 0 Å². The number of rotatable bonds is 12. The molecule has 0 N–H and O–H groups in total. The lowest BCUT2D eigenvalue weighted by atomic mass is 9.97. The summed E-state index contributed by atoms with van der Waals surface area (Å²) in [5, 5.41) is 0. The number of nitrogens with zero attached hydrogens (tertiary/aromatic N) is 1. The molecule has 0 saturated carbocycles. The summed E-state index contributed by atoms with van der Waals surface area (Å²) in [6.07, 6.45) is 17.7. The quantitative estimate of drug-likeness (QED) is 0.166. The van der Waals surface area contributed by atoms with Gasteiger partial charge in [-0.15, -0.1) is 6.58 Å². The monoisotopic (exact) mass is 285 g/mol. The van der Waals surface area contributed by atoms with Gasteiger partial charge in [-0.2, -0.15) is 0 Å². The summed E-state index contributed by atoms with van der Waals surface area (Å²) in [6.45, 7) is 15.7. The van der Waals surface area contributed by atoms with E-state index in [0.29, 0.717) is 0 Å². The van der Waals surface area contributed by atoms with Gasteiger partial charge in [0.05, 0.1) is 0 Å². The average molecular weight is 285 g/mol. The summed E-state index contributed by atoms with van der Waals surface area (Å²) in [5.41, 5.74) is 3.88. The van der Waals surface area contributed by atoms with Crippen molar-refractivity contribution >= 4 is 6.21 Å². The van der Waals surface area contributed by atoms with Gasteiger partial charge in [0.15, 0.2) is 0 Å². The average Bonchev–Trinajstić information content (AvgIpc) is 2.46. The Bertz CT molecular complexity index is 408. The summed E-state index contributed by atoms with van der Waals surface area (Å²) in [5.74, 6) is 0. The van der Waals surface area contributed by atoms with Crippen LogP contribution in [0.25, 0.3) is 0 Å². The maximum atomic E-state index is 4.23. The van der Waals surface area contributed by atoms with Crippen LogP contribution in [0.4, 0.5) is 0 Å². The van der Waals surface area contributed by atoms with E-state index in [4.69, 9.17) is 0 Å². The van der Waals surface area contributed by atoms with E-state index < -0.39 is 0 Å². The zero-order valence-electron chi connectivity index (χ0n) is 13.9. The van der Waals surface area contributed by atoms with Gasteiger partial charge in [-0.25, -0.2) is 0 Å². The van der Waals surface area contributed by atoms with Gasteiger partial charge in [-0.1, -0.05) is 55.9 Å². The van der Waals surface area contributed by atoms with Crippen LogP contribution in [0.1, 0.15) is 58.8 Å². The van der Waals surface area contributed by atoms with Crippen molar-refractivity contribution < 1.29 is 0 Å². The molecule has 0 aliphatic carbocycles. The number of hydrogen-bond acceptors (Lipinski definition) is 1. The van der Waals surface area contributed by atoms with Gasteiger partial charge in [0, 0.05) is 12.4 Å². The molecule has 0 aliphatic rings. The second kappa shape index (κ2) is 13.4. The summed E-state index contributed by atoms with van der Waals surface area (Å²) < 4.78 is 0. The molecule has 0 atom stereocenters. The van der Waals surface area contributed by atoms with Gasteiger partial charge >= 0.3 is 0 Å². The van der Waals surface area contributed by atoms with E-state index in [-0.39, 0.29) is 0 Å². The van der Waals surface area contributed by atoms with Crippen molar-refractivity contribution in [2.75, 3.05) is 0 Å². The van der Waals surface area contributed by atoms with Crippen LogP contribution in [-0.2, 0) is 0 Å². The van der Waals surface area contributed by atoms with E-state index in [0.717, 1.165) is 31.3 Å². The fourth-order valence-electron chi connectivity index (χ4n) is 2.10. The second-order valence-corrected chi connectivity index (χ2v) is 5.30. The largest absolute Gasteiger partial charge is 0.264 e. The highest BCUT2D eigenvalue weighted by atomic mass is 14.7. The molecule has 0 amide bonds. The summed E-state index contributed by atoms with van der Waals surface area (Å²) in [4.78, 5) is 4.23. The third-order valence-electron chi connectivity index (χ3n) is 3.30. The van der Waals surface area contributed by atoms with Crippen LogP contribution in [-0.4, -0.2) is 6.21 Å². The Morgan fingerprint density at radius 2 is 1.86 bits per heavy atom. The molecule has 1 heteroatoms. The lowest BCUT2D eigenvalue weighted by molar-refractivity contribution is 0.788. The molecule has 0 fully saturated rings. The van der Waals surface area contributed by atoms with Gasteiger partial charge in [0.25, 0.3) is 0 Å².